The first-order valence-corrected chi connectivity index (χ1v) is 10.2. The summed E-state index contributed by atoms with van der Waals surface area (Å²) in [6.45, 7) is 4.06. The maximum atomic E-state index is 12.8. The molecule has 1 atom stereocenters. The molecule has 0 saturated carbocycles. The molecule has 2 amide bonds. The van der Waals surface area contributed by atoms with Gasteiger partial charge in [0.1, 0.15) is 6.04 Å². The number of anilines is 2. The molecule has 4 rings (SSSR count). The zero-order valence-electron chi connectivity index (χ0n) is 15.4. The lowest BCUT2D eigenvalue weighted by Crippen LogP contribution is -2.43. The van der Waals surface area contributed by atoms with Crippen molar-refractivity contribution in [2.24, 2.45) is 0 Å². The predicted octanol–water partition coefficient (Wildman–Crippen LogP) is 2.26. The van der Waals surface area contributed by atoms with Crippen LogP contribution >= 0.6 is 11.3 Å². The fourth-order valence-corrected chi connectivity index (χ4v) is 4.63. The number of nitrogens with one attached hydrogen (secondary N) is 1. The third-order valence-corrected chi connectivity index (χ3v) is 6.21. The van der Waals surface area contributed by atoms with Gasteiger partial charge in [-0.2, -0.15) is 0 Å². The Morgan fingerprint density at radius 2 is 2.04 bits per heavy atom. The highest BCUT2D eigenvalue weighted by molar-refractivity contribution is 7.19. The number of aryl methyl sites for hydroxylation is 1. The van der Waals surface area contributed by atoms with Crippen LogP contribution in [0.25, 0.3) is 0 Å². The second kappa shape index (κ2) is 7.64. The second-order valence-electron chi connectivity index (χ2n) is 7.01. The molecule has 0 radical (unpaired) electrons. The van der Waals surface area contributed by atoms with Gasteiger partial charge in [0.2, 0.25) is 22.1 Å². The SMILES string of the molecule is Cc1ccccc1CNC(=O)[C@H]1CCCN1c1nnc(N2CCCC2=O)s1. The molecule has 1 N–H and O–H groups in total. The van der Waals surface area contributed by atoms with Gasteiger partial charge >= 0.3 is 0 Å². The van der Waals surface area contributed by atoms with Crippen molar-refractivity contribution in [1.82, 2.24) is 15.5 Å². The van der Waals surface area contributed by atoms with Crippen LogP contribution in [0.3, 0.4) is 0 Å². The molecule has 3 heterocycles. The minimum Gasteiger partial charge on any atom is -0.350 e. The van der Waals surface area contributed by atoms with Crippen LogP contribution in [0.15, 0.2) is 24.3 Å². The molecule has 0 spiro atoms. The molecular weight excluding hydrogens is 362 g/mol. The summed E-state index contributed by atoms with van der Waals surface area (Å²) in [7, 11) is 0. The normalized spacial score (nSPS) is 19.7. The fourth-order valence-electron chi connectivity index (χ4n) is 3.66. The van der Waals surface area contributed by atoms with E-state index >= 15 is 0 Å². The van der Waals surface area contributed by atoms with Gasteiger partial charge in [-0.1, -0.05) is 35.6 Å². The Labute approximate surface area is 162 Å². The molecule has 7 nitrogen and oxygen atoms in total. The van der Waals surface area contributed by atoms with Gasteiger partial charge in [0.25, 0.3) is 0 Å². The maximum absolute atomic E-state index is 12.8. The molecule has 1 aromatic carbocycles. The lowest BCUT2D eigenvalue weighted by molar-refractivity contribution is -0.122. The molecular formula is C19H23N5O2S. The van der Waals surface area contributed by atoms with Gasteiger partial charge in [-0.15, -0.1) is 10.2 Å². The van der Waals surface area contributed by atoms with Crippen molar-refractivity contribution in [3.8, 4) is 0 Å². The smallest absolute Gasteiger partial charge is 0.243 e. The van der Waals surface area contributed by atoms with Gasteiger partial charge in [-0.05, 0) is 37.3 Å². The number of carbonyl (C=O) groups is 2. The molecule has 2 aliphatic heterocycles. The van der Waals surface area contributed by atoms with Crippen LogP contribution in [0.2, 0.25) is 0 Å². The van der Waals surface area contributed by atoms with E-state index in [1.54, 1.807) is 4.90 Å². The molecule has 0 bridgehead atoms. The highest BCUT2D eigenvalue weighted by Gasteiger charge is 2.34. The summed E-state index contributed by atoms with van der Waals surface area (Å²) in [5, 5.41) is 12.9. The van der Waals surface area contributed by atoms with Crippen LogP contribution in [0.4, 0.5) is 10.3 Å². The minimum absolute atomic E-state index is 0.0183. The Morgan fingerprint density at radius 1 is 1.22 bits per heavy atom. The van der Waals surface area contributed by atoms with E-state index in [0.717, 1.165) is 36.5 Å². The van der Waals surface area contributed by atoms with Crippen molar-refractivity contribution in [3.05, 3.63) is 35.4 Å². The molecule has 2 aliphatic rings. The maximum Gasteiger partial charge on any atom is 0.243 e. The first-order chi connectivity index (χ1) is 13.1. The van der Waals surface area contributed by atoms with Crippen LogP contribution in [0.1, 0.15) is 36.8 Å². The number of benzene rings is 1. The van der Waals surface area contributed by atoms with Gasteiger partial charge in [0.15, 0.2) is 0 Å². The quantitative estimate of drug-likeness (QED) is 0.854. The minimum atomic E-state index is -0.232. The zero-order chi connectivity index (χ0) is 18.8. The molecule has 2 aromatic rings. The Morgan fingerprint density at radius 3 is 2.81 bits per heavy atom. The zero-order valence-corrected chi connectivity index (χ0v) is 16.2. The van der Waals surface area contributed by atoms with Gasteiger partial charge in [-0.3, -0.25) is 14.5 Å². The number of carbonyl (C=O) groups excluding carboxylic acids is 2. The van der Waals surface area contributed by atoms with Crippen molar-refractivity contribution in [2.45, 2.75) is 45.2 Å². The number of hydrogen-bond acceptors (Lipinski definition) is 6. The van der Waals surface area contributed by atoms with Gasteiger partial charge in [-0.25, -0.2) is 0 Å². The number of nitrogens with zero attached hydrogens (tertiary/aromatic N) is 4. The Kier molecular flexibility index (Phi) is 5.07. The summed E-state index contributed by atoms with van der Waals surface area (Å²) in [6.07, 6.45) is 3.18. The molecule has 8 heteroatoms. The predicted molar refractivity (Wildman–Crippen MR) is 105 cm³/mol. The number of hydrogen-bond donors (Lipinski definition) is 1. The van der Waals surface area contributed by atoms with Gasteiger partial charge in [0.05, 0.1) is 0 Å². The third kappa shape index (κ3) is 3.66. The Bertz CT molecular complexity index is 852. The van der Waals surface area contributed by atoms with E-state index in [1.807, 2.05) is 36.1 Å². The van der Waals surface area contributed by atoms with Gasteiger partial charge in [0, 0.05) is 26.1 Å². The van der Waals surface area contributed by atoms with Crippen molar-refractivity contribution < 1.29 is 9.59 Å². The Balaban J connectivity index is 1.43. The molecule has 142 valence electrons. The van der Waals surface area contributed by atoms with E-state index < -0.39 is 0 Å². The first kappa shape index (κ1) is 17.9. The first-order valence-electron chi connectivity index (χ1n) is 9.36. The van der Waals surface area contributed by atoms with Crippen molar-refractivity contribution >= 4 is 33.4 Å². The average molecular weight is 385 g/mol. The van der Waals surface area contributed by atoms with Crippen LogP contribution < -0.4 is 15.1 Å². The third-order valence-electron chi connectivity index (χ3n) is 5.22. The summed E-state index contributed by atoms with van der Waals surface area (Å²) < 4.78 is 0. The Hall–Kier alpha value is -2.48. The molecule has 0 unspecified atom stereocenters. The van der Waals surface area contributed by atoms with Crippen molar-refractivity contribution in [3.63, 3.8) is 0 Å². The lowest BCUT2D eigenvalue weighted by Gasteiger charge is -2.22. The van der Waals surface area contributed by atoms with E-state index in [9.17, 15) is 9.59 Å². The van der Waals surface area contributed by atoms with Crippen LogP contribution in [-0.4, -0.2) is 41.1 Å². The molecule has 2 fully saturated rings. The van der Waals surface area contributed by atoms with Crippen molar-refractivity contribution in [1.29, 1.82) is 0 Å². The monoisotopic (exact) mass is 385 g/mol. The number of rotatable bonds is 5. The highest BCUT2D eigenvalue weighted by Crippen LogP contribution is 2.33. The summed E-state index contributed by atoms with van der Waals surface area (Å²) in [4.78, 5) is 28.4. The van der Waals surface area contributed by atoms with E-state index in [-0.39, 0.29) is 17.9 Å². The van der Waals surface area contributed by atoms with Crippen molar-refractivity contribution in [2.75, 3.05) is 22.9 Å². The fraction of sp³-hybridized carbons (Fsp3) is 0.474. The van der Waals surface area contributed by atoms with Gasteiger partial charge < -0.3 is 10.2 Å². The number of aromatic nitrogens is 2. The van der Waals surface area contributed by atoms with E-state index in [2.05, 4.69) is 15.5 Å². The number of amides is 2. The molecule has 27 heavy (non-hydrogen) atoms. The molecule has 0 aliphatic carbocycles. The standard InChI is InChI=1S/C19H23N5O2S/c1-13-6-2-3-7-14(13)12-20-17(26)15-8-4-10-23(15)18-21-22-19(27-18)24-11-5-9-16(24)25/h2-3,6-7,15H,4-5,8-12H2,1H3,(H,20,26)/t15-/m1/s1. The van der Waals surface area contributed by atoms with Crippen LogP contribution in [-0.2, 0) is 16.1 Å². The average Bonchev–Trinajstić information content (AvgIpc) is 3.40. The summed E-state index contributed by atoms with van der Waals surface area (Å²) in [6, 6.07) is 7.83. The molecule has 2 saturated heterocycles. The van der Waals surface area contributed by atoms with Crippen LogP contribution in [0.5, 0.6) is 0 Å². The van der Waals surface area contributed by atoms with E-state index in [4.69, 9.17) is 0 Å². The summed E-state index contributed by atoms with van der Waals surface area (Å²) >= 11 is 1.40. The lowest BCUT2D eigenvalue weighted by atomic mass is 10.1. The second-order valence-corrected chi connectivity index (χ2v) is 7.95. The molecule has 1 aromatic heterocycles. The largest absolute Gasteiger partial charge is 0.350 e. The van der Waals surface area contributed by atoms with Crippen LogP contribution in [0, 0.1) is 6.92 Å². The van der Waals surface area contributed by atoms with E-state index in [0.29, 0.717) is 24.6 Å². The van der Waals surface area contributed by atoms with E-state index in [1.165, 1.54) is 16.9 Å². The summed E-state index contributed by atoms with van der Waals surface area (Å²) in [5.41, 5.74) is 2.30. The highest BCUT2D eigenvalue weighted by atomic mass is 32.1. The topological polar surface area (TPSA) is 78.4 Å². The summed E-state index contributed by atoms with van der Waals surface area (Å²) in [5.74, 6) is 0.122.